The Kier molecular flexibility index (Phi) is 6.39. The average molecular weight is 215 g/mol. The van der Waals surface area contributed by atoms with E-state index in [1.54, 1.807) is 7.11 Å². The van der Waals surface area contributed by atoms with Gasteiger partial charge in [-0.2, -0.15) is 0 Å². The molecule has 0 amide bonds. The lowest BCUT2D eigenvalue weighted by Crippen LogP contribution is -1.94. The standard InChI is InChI=1S/C10H13ClO.C2H6/c1-7(2)10-8(11)5-4-6-9(10)12-3;1-2/h4-7H,1-3H3;1-2H3. The number of ether oxygens (including phenoxy) is 1. The zero-order chi connectivity index (χ0) is 11.1. The van der Waals surface area contributed by atoms with E-state index in [0.717, 1.165) is 16.3 Å². The van der Waals surface area contributed by atoms with Crippen molar-refractivity contribution in [3.63, 3.8) is 0 Å². The molecule has 0 atom stereocenters. The van der Waals surface area contributed by atoms with Crippen molar-refractivity contribution in [2.45, 2.75) is 33.6 Å². The van der Waals surface area contributed by atoms with Crippen molar-refractivity contribution < 1.29 is 4.74 Å². The van der Waals surface area contributed by atoms with Gasteiger partial charge in [0.25, 0.3) is 0 Å². The average Bonchev–Trinajstić information content (AvgIpc) is 2.19. The maximum absolute atomic E-state index is 6.02. The minimum Gasteiger partial charge on any atom is -0.496 e. The summed E-state index contributed by atoms with van der Waals surface area (Å²) in [6.45, 7) is 8.20. The van der Waals surface area contributed by atoms with Gasteiger partial charge in [0.1, 0.15) is 5.75 Å². The van der Waals surface area contributed by atoms with Crippen molar-refractivity contribution in [3.05, 3.63) is 28.8 Å². The van der Waals surface area contributed by atoms with E-state index in [9.17, 15) is 0 Å². The molecule has 2 heteroatoms. The van der Waals surface area contributed by atoms with Crippen molar-refractivity contribution in [2.24, 2.45) is 0 Å². The molecule has 0 aliphatic rings. The van der Waals surface area contributed by atoms with Crippen molar-refractivity contribution in [3.8, 4) is 5.75 Å². The first kappa shape index (κ1) is 13.3. The van der Waals surface area contributed by atoms with E-state index in [1.165, 1.54) is 0 Å². The molecule has 1 rings (SSSR count). The van der Waals surface area contributed by atoms with Gasteiger partial charge in [-0.3, -0.25) is 0 Å². The molecule has 0 aliphatic carbocycles. The minimum atomic E-state index is 0.397. The quantitative estimate of drug-likeness (QED) is 0.705. The Hall–Kier alpha value is -0.690. The zero-order valence-corrected chi connectivity index (χ0v) is 10.4. The van der Waals surface area contributed by atoms with Crippen LogP contribution in [-0.2, 0) is 0 Å². The van der Waals surface area contributed by atoms with E-state index < -0.39 is 0 Å². The highest BCUT2D eigenvalue weighted by Crippen LogP contribution is 2.32. The molecule has 1 aromatic carbocycles. The Morgan fingerprint density at radius 3 is 2.14 bits per heavy atom. The maximum Gasteiger partial charge on any atom is 0.123 e. The van der Waals surface area contributed by atoms with Gasteiger partial charge in [-0.1, -0.05) is 45.4 Å². The fourth-order valence-corrected chi connectivity index (χ4v) is 1.64. The summed E-state index contributed by atoms with van der Waals surface area (Å²) < 4.78 is 5.20. The topological polar surface area (TPSA) is 9.23 Å². The minimum absolute atomic E-state index is 0.397. The Bertz CT molecular complexity index is 269. The van der Waals surface area contributed by atoms with Crippen LogP contribution in [0.3, 0.4) is 0 Å². The molecule has 0 spiro atoms. The molecule has 14 heavy (non-hydrogen) atoms. The predicted molar refractivity (Wildman–Crippen MR) is 63.4 cm³/mol. The van der Waals surface area contributed by atoms with Crippen LogP contribution in [0.2, 0.25) is 5.02 Å². The molecule has 0 fully saturated rings. The van der Waals surface area contributed by atoms with Crippen LogP contribution in [-0.4, -0.2) is 7.11 Å². The lowest BCUT2D eigenvalue weighted by atomic mass is 10.0. The lowest BCUT2D eigenvalue weighted by Gasteiger charge is -2.12. The van der Waals surface area contributed by atoms with Crippen LogP contribution in [0.15, 0.2) is 18.2 Å². The molecule has 0 saturated carbocycles. The molecule has 0 unspecified atom stereocenters. The molecule has 0 heterocycles. The van der Waals surface area contributed by atoms with Crippen LogP contribution in [0, 0.1) is 0 Å². The van der Waals surface area contributed by atoms with Crippen LogP contribution in [0.5, 0.6) is 5.75 Å². The number of methoxy groups -OCH3 is 1. The summed E-state index contributed by atoms with van der Waals surface area (Å²) in [6.07, 6.45) is 0. The van der Waals surface area contributed by atoms with E-state index in [1.807, 2.05) is 32.0 Å². The highest BCUT2D eigenvalue weighted by Gasteiger charge is 2.10. The lowest BCUT2D eigenvalue weighted by molar-refractivity contribution is 0.407. The number of hydrogen-bond donors (Lipinski definition) is 0. The molecule has 1 aromatic rings. The van der Waals surface area contributed by atoms with Gasteiger partial charge in [-0.15, -0.1) is 0 Å². The largest absolute Gasteiger partial charge is 0.496 e. The fraction of sp³-hybridized carbons (Fsp3) is 0.500. The normalized spacial score (nSPS) is 9.36. The third-order valence-corrected chi connectivity index (χ3v) is 2.14. The van der Waals surface area contributed by atoms with Crippen molar-refractivity contribution in [1.29, 1.82) is 0 Å². The highest BCUT2D eigenvalue weighted by atomic mass is 35.5. The summed E-state index contributed by atoms with van der Waals surface area (Å²) in [5.41, 5.74) is 1.08. The van der Waals surface area contributed by atoms with Crippen molar-refractivity contribution in [1.82, 2.24) is 0 Å². The zero-order valence-electron chi connectivity index (χ0n) is 9.60. The molecule has 0 bridgehead atoms. The Morgan fingerprint density at radius 2 is 1.79 bits per heavy atom. The van der Waals surface area contributed by atoms with Gasteiger partial charge in [-0.05, 0) is 18.1 Å². The summed E-state index contributed by atoms with van der Waals surface area (Å²) in [7, 11) is 1.66. The Labute approximate surface area is 92.0 Å². The molecular formula is C12H19ClO. The third kappa shape index (κ3) is 3.22. The van der Waals surface area contributed by atoms with Gasteiger partial charge in [0.2, 0.25) is 0 Å². The smallest absolute Gasteiger partial charge is 0.123 e. The van der Waals surface area contributed by atoms with Crippen LogP contribution >= 0.6 is 11.6 Å². The van der Waals surface area contributed by atoms with Crippen LogP contribution in [0.25, 0.3) is 0 Å². The number of benzene rings is 1. The molecule has 0 saturated heterocycles. The van der Waals surface area contributed by atoms with E-state index in [-0.39, 0.29) is 0 Å². The van der Waals surface area contributed by atoms with Crippen molar-refractivity contribution >= 4 is 11.6 Å². The summed E-state index contributed by atoms with van der Waals surface area (Å²) in [5.74, 6) is 1.27. The highest BCUT2D eigenvalue weighted by molar-refractivity contribution is 6.31. The monoisotopic (exact) mass is 214 g/mol. The summed E-state index contributed by atoms with van der Waals surface area (Å²) in [5, 5.41) is 0.782. The third-order valence-electron chi connectivity index (χ3n) is 1.81. The van der Waals surface area contributed by atoms with Crippen LogP contribution in [0.4, 0.5) is 0 Å². The summed E-state index contributed by atoms with van der Waals surface area (Å²) >= 11 is 6.02. The van der Waals surface area contributed by atoms with E-state index in [4.69, 9.17) is 16.3 Å². The second-order valence-electron chi connectivity index (χ2n) is 3.01. The second-order valence-corrected chi connectivity index (χ2v) is 3.42. The SMILES string of the molecule is CC.COc1cccc(Cl)c1C(C)C. The molecule has 1 nitrogen and oxygen atoms in total. The van der Waals surface area contributed by atoms with Gasteiger partial charge < -0.3 is 4.74 Å². The first-order valence-electron chi connectivity index (χ1n) is 4.99. The Balaban J connectivity index is 0.000000791. The number of rotatable bonds is 2. The number of halogens is 1. The molecule has 0 radical (unpaired) electrons. The fourth-order valence-electron chi connectivity index (χ4n) is 1.26. The first-order chi connectivity index (χ1) is 6.66. The molecule has 0 aromatic heterocycles. The van der Waals surface area contributed by atoms with Gasteiger partial charge in [0, 0.05) is 10.6 Å². The van der Waals surface area contributed by atoms with Crippen molar-refractivity contribution in [2.75, 3.05) is 7.11 Å². The van der Waals surface area contributed by atoms with Gasteiger partial charge >= 0.3 is 0 Å². The molecule has 0 N–H and O–H groups in total. The predicted octanol–water partition coefficient (Wildman–Crippen LogP) is 4.50. The Morgan fingerprint density at radius 1 is 1.21 bits per heavy atom. The van der Waals surface area contributed by atoms with Gasteiger partial charge in [0.15, 0.2) is 0 Å². The van der Waals surface area contributed by atoms with Crippen LogP contribution in [0.1, 0.15) is 39.2 Å². The van der Waals surface area contributed by atoms with E-state index >= 15 is 0 Å². The summed E-state index contributed by atoms with van der Waals surface area (Å²) in [6, 6.07) is 5.72. The number of hydrogen-bond acceptors (Lipinski definition) is 1. The second kappa shape index (κ2) is 6.72. The molecule has 0 aliphatic heterocycles. The van der Waals surface area contributed by atoms with Gasteiger partial charge in [-0.25, -0.2) is 0 Å². The first-order valence-corrected chi connectivity index (χ1v) is 5.37. The van der Waals surface area contributed by atoms with Crippen LogP contribution < -0.4 is 4.74 Å². The maximum atomic E-state index is 6.02. The molecular weight excluding hydrogens is 196 g/mol. The van der Waals surface area contributed by atoms with E-state index in [0.29, 0.717) is 5.92 Å². The summed E-state index contributed by atoms with van der Waals surface area (Å²) in [4.78, 5) is 0. The van der Waals surface area contributed by atoms with E-state index in [2.05, 4.69) is 13.8 Å². The molecule has 80 valence electrons. The van der Waals surface area contributed by atoms with Gasteiger partial charge in [0.05, 0.1) is 7.11 Å².